The maximum atomic E-state index is 11.2. The molecule has 1 aliphatic rings. The molecule has 36 heavy (non-hydrogen) atoms. The van der Waals surface area contributed by atoms with Gasteiger partial charge in [0.1, 0.15) is 0 Å². The van der Waals surface area contributed by atoms with E-state index >= 15 is 0 Å². The van der Waals surface area contributed by atoms with Crippen molar-refractivity contribution < 1.29 is 9.85 Å². The van der Waals surface area contributed by atoms with Gasteiger partial charge >= 0.3 is 0 Å². The molecule has 0 N–H and O–H groups in total. The summed E-state index contributed by atoms with van der Waals surface area (Å²) in [4.78, 5) is 21.4. The number of non-ortho nitro benzene ring substituents is 2. The van der Waals surface area contributed by atoms with Crippen molar-refractivity contribution in [1.82, 2.24) is 0 Å². The lowest BCUT2D eigenvalue weighted by atomic mass is 10.1. The van der Waals surface area contributed by atoms with Gasteiger partial charge in [0.05, 0.1) is 21.2 Å². The zero-order valence-electron chi connectivity index (χ0n) is 18.7. The fourth-order valence-electron chi connectivity index (χ4n) is 3.69. The third-order valence-corrected chi connectivity index (χ3v) is 5.46. The van der Waals surface area contributed by atoms with Crippen molar-refractivity contribution in [2.75, 3.05) is 10.0 Å². The van der Waals surface area contributed by atoms with Crippen LogP contribution in [0.3, 0.4) is 0 Å². The second-order valence-electron chi connectivity index (χ2n) is 7.75. The molecule has 1 heterocycles. The third-order valence-electron chi connectivity index (χ3n) is 5.46. The van der Waals surface area contributed by atoms with Crippen molar-refractivity contribution >= 4 is 34.4 Å². The van der Waals surface area contributed by atoms with E-state index in [1.807, 2.05) is 60.7 Å². The average Bonchev–Trinajstić information content (AvgIpc) is 2.93. The highest BCUT2D eigenvalue weighted by atomic mass is 16.6. The van der Waals surface area contributed by atoms with Crippen molar-refractivity contribution in [2.24, 2.45) is 10.2 Å². The largest absolute Gasteiger partial charge is 0.269 e. The molecule has 4 aromatic rings. The minimum atomic E-state index is -0.457. The van der Waals surface area contributed by atoms with Crippen LogP contribution in [0, 0.1) is 20.2 Å². The summed E-state index contributed by atoms with van der Waals surface area (Å²) in [5.41, 5.74) is 2.62. The number of rotatable bonds is 6. The summed E-state index contributed by atoms with van der Waals surface area (Å²) in [7, 11) is 0. The Bertz CT molecular complexity index is 1360. The van der Waals surface area contributed by atoms with E-state index < -0.39 is 9.85 Å². The number of hydrazone groups is 2. The molecule has 0 spiro atoms. The molecule has 1 aliphatic heterocycles. The van der Waals surface area contributed by atoms with Crippen LogP contribution in [0.1, 0.15) is 11.1 Å². The maximum absolute atomic E-state index is 11.2. The molecule has 0 radical (unpaired) electrons. The summed E-state index contributed by atoms with van der Waals surface area (Å²) in [6.07, 6.45) is 0. The average molecular weight is 478 g/mol. The topological polar surface area (TPSA) is 117 Å². The highest BCUT2D eigenvalue weighted by molar-refractivity contribution is 6.19. The van der Waals surface area contributed by atoms with Gasteiger partial charge in [-0.25, -0.2) is 10.0 Å². The molecule has 0 unspecified atom stereocenters. The third kappa shape index (κ3) is 4.38. The fraction of sp³-hybridized carbons (Fsp3) is 0. The molecule has 0 fully saturated rings. The van der Waals surface area contributed by atoms with Gasteiger partial charge in [-0.05, 0) is 24.3 Å². The summed E-state index contributed by atoms with van der Waals surface area (Å²) in [6.45, 7) is 0. The van der Waals surface area contributed by atoms with Gasteiger partial charge in [-0.3, -0.25) is 20.2 Å². The Morgan fingerprint density at radius 2 is 0.833 bits per heavy atom. The lowest BCUT2D eigenvalue weighted by Crippen LogP contribution is -2.41. The first-order valence-corrected chi connectivity index (χ1v) is 10.9. The molecule has 10 nitrogen and oxygen atoms in total. The zero-order chi connectivity index (χ0) is 25.1. The smallest absolute Gasteiger partial charge is 0.258 e. The second-order valence-corrected chi connectivity index (χ2v) is 7.75. The summed E-state index contributed by atoms with van der Waals surface area (Å²) in [6, 6.07) is 30.9. The Hall–Kier alpha value is -5.38. The molecule has 0 saturated carbocycles. The number of amidine groups is 2. The number of anilines is 2. The molecule has 176 valence electrons. The van der Waals surface area contributed by atoms with Crippen LogP contribution in [0.4, 0.5) is 22.7 Å². The Morgan fingerprint density at radius 3 is 1.14 bits per heavy atom. The summed E-state index contributed by atoms with van der Waals surface area (Å²) < 4.78 is 0. The summed E-state index contributed by atoms with van der Waals surface area (Å²) >= 11 is 0. The molecule has 0 aromatic heterocycles. The number of benzene rings is 4. The summed E-state index contributed by atoms with van der Waals surface area (Å²) in [5.74, 6) is 0.949. The molecule has 0 aliphatic carbocycles. The van der Waals surface area contributed by atoms with Crippen LogP contribution in [0.15, 0.2) is 119 Å². The SMILES string of the molecule is O=[N+]([O-])c1ccc(N2N=C(c3ccccc3)N(c3ccc([N+](=O)[O-])cc3)N=C2c2ccccc2)cc1. The Kier molecular flexibility index (Phi) is 5.90. The minimum Gasteiger partial charge on any atom is -0.258 e. The molecule has 0 bridgehead atoms. The highest BCUT2D eigenvalue weighted by Crippen LogP contribution is 2.29. The molecular formula is C26H18N6O4. The van der Waals surface area contributed by atoms with Gasteiger partial charge < -0.3 is 0 Å². The van der Waals surface area contributed by atoms with E-state index in [2.05, 4.69) is 0 Å². The fourth-order valence-corrected chi connectivity index (χ4v) is 3.69. The van der Waals surface area contributed by atoms with Gasteiger partial charge in [-0.1, -0.05) is 60.7 Å². The molecule has 5 rings (SSSR count). The second kappa shape index (κ2) is 9.47. The van der Waals surface area contributed by atoms with Gasteiger partial charge in [0.25, 0.3) is 11.4 Å². The van der Waals surface area contributed by atoms with E-state index in [1.165, 1.54) is 24.3 Å². The highest BCUT2D eigenvalue weighted by Gasteiger charge is 2.28. The number of nitro groups is 2. The molecule has 0 atom stereocenters. The van der Waals surface area contributed by atoms with Gasteiger partial charge in [-0.15, -0.1) is 10.2 Å². The van der Waals surface area contributed by atoms with Crippen LogP contribution in [0.25, 0.3) is 0 Å². The van der Waals surface area contributed by atoms with Crippen LogP contribution >= 0.6 is 0 Å². The maximum Gasteiger partial charge on any atom is 0.269 e. The Morgan fingerprint density at radius 1 is 0.500 bits per heavy atom. The van der Waals surface area contributed by atoms with E-state index in [9.17, 15) is 20.2 Å². The van der Waals surface area contributed by atoms with Gasteiger partial charge in [0, 0.05) is 35.4 Å². The van der Waals surface area contributed by atoms with Crippen molar-refractivity contribution in [2.45, 2.75) is 0 Å². The van der Waals surface area contributed by atoms with Crippen LogP contribution in [-0.2, 0) is 0 Å². The lowest BCUT2D eigenvalue weighted by Gasteiger charge is -2.32. The van der Waals surface area contributed by atoms with Gasteiger partial charge in [0.2, 0.25) is 0 Å². The first-order chi connectivity index (χ1) is 17.5. The van der Waals surface area contributed by atoms with Crippen LogP contribution < -0.4 is 10.0 Å². The number of hydrogen-bond donors (Lipinski definition) is 0. The van der Waals surface area contributed by atoms with Crippen molar-refractivity contribution in [3.8, 4) is 0 Å². The Balaban J connectivity index is 1.68. The van der Waals surface area contributed by atoms with E-state index in [0.717, 1.165) is 11.1 Å². The normalized spacial score (nSPS) is 13.1. The van der Waals surface area contributed by atoms with Crippen molar-refractivity contribution in [3.63, 3.8) is 0 Å². The Labute approximate surface area is 205 Å². The van der Waals surface area contributed by atoms with Crippen molar-refractivity contribution in [1.29, 1.82) is 0 Å². The predicted octanol–water partition coefficient (Wildman–Crippen LogP) is 5.55. The van der Waals surface area contributed by atoms with Gasteiger partial charge in [-0.2, -0.15) is 0 Å². The van der Waals surface area contributed by atoms with Crippen LogP contribution in [0.5, 0.6) is 0 Å². The number of hydrogen-bond acceptors (Lipinski definition) is 8. The first kappa shape index (κ1) is 22.4. The lowest BCUT2D eigenvalue weighted by molar-refractivity contribution is -0.385. The van der Waals surface area contributed by atoms with Crippen LogP contribution in [-0.4, -0.2) is 21.5 Å². The monoisotopic (exact) mass is 478 g/mol. The summed E-state index contributed by atoms with van der Waals surface area (Å²) in [5, 5.41) is 35.4. The van der Waals surface area contributed by atoms with Crippen molar-refractivity contribution in [3.05, 3.63) is 141 Å². The first-order valence-electron chi connectivity index (χ1n) is 10.9. The standard InChI is InChI=1S/C26H18N6O4/c33-31(34)23-15-11-21(12-16-23)29-25(19-7-3-1-4-8-19)27-30(22-13-17-24(18-14-22)32(35)36)26(28-29)20-9-5-2-6-10-20/h1-18H. The molecular weight excluding hydrogens is 460 g/mol. The molecule has 10 heteroatoms. The molecule has 4 aromatic carbocycles. The van der Waals surface area contributed by atoms with Crippen LogP contribution in [0.2, 0.25) is 0 Å². The van der Waals surface area contributed by atoms with Gasteiger partial charge in [0.15, 0.2) is 11.7 Å². The predicted molar refractivity (Wildman–Crippen MR) is 137 cm³/mol. The molecule has 0 saturated heterocycles. The van der Waals surface area contributed by atoms with E-state index in [0.29, 0.717) is 23.0 Å². The van der Waals surface area contributed by atoms with E-state index in [-0.39, 0.29) is 11.4 Å². The minimum absolute atomic E-state index is 0.0336. The number of nitro benzene ring substituents is 2. The number of nitrogens with zero attached hydrogens (tertiary/aromatic N) is 6. The van der Waals surface area contributed by atoms with E-state index in [4.69, 9.17) is 10.2 Å². The molecule has 0 amide bonds. The quantitative estimate of drug-likeness (QED) is 0.265. The zero-order valence-corrected chi connectivity index (χ0v) is 18.7. The van der Waals surface area contributed by atoms with E-state index in [1.54, 1.807) is 34.3 Å².